The van der Waals surface area contributed by atoms with Crippen LogP contribution < -0.4 is 10.1 Å². The van der Waals surface area contributed by atoms with Gasteiger partial charge in [-0.3, -0.25) is 0 Å². The molecular formula is C18H21NO. The van der Waals surface area contributed by atoms with Crippen LogP contribution in [0.15, 0.2) is 48.5 Å². The topological polar surface area (TPSA) is 21.3 Å². The SMILES string of the molecule is CNC(C)c1ccc(-c2cccc(OC3CC3)c2)cc1. The number of ether oxygens (including phenoxy) is 1. The second-order valence-electron chi connectivity index (χ2n) is 5.48. The zero-order valence-corrected chi connectivity index (χ0v) is 12.1. The molecule has 2 heteroatoms. The van der Waals surface area contributed by atoms with Crippen molar-refractivity contribution in [3.8, 4) is 16.9 Å². The summed E-state index contributed by atoms with van der Waals surface area (Å²) in [5, 5.41) is 3.26. The molecule has 20 heavy (non-hydrogen) atoms. The summed E-state index contributed by atoms with van der Waals surface area (Å²) in [6.07, 6.45) is 2.84. The molecule has 1 atom stereocenters. The maximum Gasteiger partial charge on any atom is 0.120 e. The number of hydrogen-bond acceptors (Lipinski definition) is 2. The highest BCUT2D eigenvalue weighted by molar-refractivity contribution is 5.65. The average molecular weight is 267 g/mol. The molecule has 0 amide bonds. The quantitative estimate of drug-likeness (QED) is 0.877. The highest BCUT2D eigenvalue weighted by Gasteiger charge is 2.23. The highest BCUT2D eigenvalue weighted by Crippen LogP contribution is 2.30. The molecule has 1 saturated carbocycles. The maximum absolute atomic E-state index is 5.86. The Morgan fingerprint density at radius 3 is 2.45 bits per heavy atom. The zero-order chi connectivity index (χ0) is 13.9. The Balaban J connectivity index is 1.80. The van der Waals surface area contributed by atoms with E-state index in [9.17, 15) is 0 Å². The molecule has 0 bridgehead atoms. The van der Waals surface area contributed by atoms with Crippen molar-refractivity contribution in [3.63, 3.8) is 0 Å². The van der Waals surface area contributed by atoms with Crippen LogP contribution in [0, 0.1) is 0 Å². The molecule has 0 radical (unpaired) electrons. The van der Waals surface area contributed by atoms with E-state index < -0.39 is 0 Å². The highest BCUT2D eigenvalue weighted by atomic mass is 16.5. The molecule has 2 nitrogen and oxygen atoms in total. The lowest BCUT2D eigenvalue weighted by Crippen LogP contribution is -2.11. The fourth-order valence-corrected chi connectivity index (χ4v) is 2.26. The minimum absolute atomic E-state index is 0.383. The summed E-state index contributed by atoms with van der Waals surface area (Å²) in [5.41, 5.74) is 3.76. The zero-order valence-electron chi connectivity index (χ0n) is 12.1. The van der Waals surface area contributed by atoms with E-state index in [1.54, 1.807) is 0 Å². The number of rotatable bonds is 5. The fraction of sp³-hybridized carbons (Fsp3) is 0.333. The van der Waals surface area contributed by atoms with E-state index >= 15 is 0 Å². The van der Waals surface area contributed by atoms with Crippen molar-refractivity contribution in [2.24, 2.45) is 0 Å². The summed E-state index contributed by atoms with van der Waals surface area (Å²) >= 11 is 0. The van der Waals surface area contributed by atoms with Gasteiger partial charge in [0.15, 0.2) is 0 Å². The third-order valence-electron chi connectivity index (χ3n) is 3.84. The minimum atomic E-state index is 0.383. The molecule has 0 heterocycles. The summed E-state index contributed by atoms with van der Waals surface area (Å²) in [6.45, 7) is 2.17. The van der Waals surface area contributed by atoms with Crippen LogP contribution in [0.3, 0.4) is 0 Å². The third kappa shape index (κ3) is 3.02. The molecule has 1 N–H and O–H groups in total. The van der Waals surface area contributed by atoms with Crippen LogP contribution in [-0.2, 0) is 0 Å². The van der Waals surface area contributed by atoms with Gasteiger partial charge >= 0.3 is 0 Å². The van der Waals surface area contributed by atoms with E-state index in [1.165, 1.54) is 29.5 Å². The normalized spacial score (nSPS) is 15.9. The van der Waals surface area contributed by atoms with E-state index in [-0.39, 0.29) is 0 Å². The Labute approximate surface area is 120 Å². The molecule has 0 aliphatic heterocycles. The van der Waals surface area contributed by atoms with Crippen molar-refractivity contribution in [1.29, 1.82) is 0 Å². The van der Waals surface area contributed by atoms with Crippen LogP contribution >= 0.6 is 0 Å². The number of benzene rings is 2. The Morgan fingerprint density at radius 2 is 1.80 bits per heavy atom. The smallest absolute Gasteiger partial charge is 0.120 e. The van der Waals surface area contributed by atoms with Gasteiger partial charge in [-0.15, -0.1) is 0 Å². The van der Waals surface area contributed by atoms with Gasteiger partial charge in [0.05, 0.1) is 6.10 Å². The predicted molar refractivity (Wildman–Crippen MR) is 83.0 cm³/mol. The van der Waals surface area contributed by atoms with Gasteiger partial charge in [0, 0.05) is 6.04 Å². The van der Waals surface area contributed by atoms with Crippen molar-refractivity contribution in [2.75, 3.05) is 7.05 Å². The minimum Gasteiger partial charge on any atom is -0.490 e. The first-order valence-electron chi connectivity index (χ1n) is 7.30. The lowest BCUT2D eigenvalue weighted by Gasteiger charge is -2.12. The van der Waals surface area contributed by atoms with Crippen molar-refractivity contribution < 1.29 is 4.74 Å². The summed E-state index contributed by atoms with van der Waals surface area (Å²) in [4.78, 5) is 0. The van der Waals surface area contributed by atoms with Crippen LogP contribution in [0.4, 0.5) is 0 Å². The first-order chi connectivity index (χ1) is 9.76. The Kier molecular flexibility index (Phi) is 3.75. The molecule has 1 unspecified atom stereocenters. The molecule has 0 aromatic heterocycles. The van der Waals surface area contributed by atoms with Gasteiger partial charge in [0.1, 0.15) is 5.75 Å². The van der Waals surface area contributed by atoms with Gasteiger partial charge in [0.2, 0.25) is 0 Å². The van der Waals surface area contributed by atoms with E-state index in [2.05, 4.69) is 54.7 Å². The van der Waals surface area contributed by atoms with Gasteiger partial charge in [0.25, 0.3) is 0 Å². The van der Waals surface area contributed by atoms with Gasteiger partial charge in [-0.2, -0.15) is 0 Å². The lowest BCUT2D eigenvalue weighted by atomic mass is 10.0. The van der Waals surface area contributed by atoms with E-state index in [4.69, 9.17) is 4.74 Å². The van der Waals surface area contributed by atoms with Gasteiger partial charge in [-0.05, 0) is 55.6 Å². The summed E-state index contributed by atoms with van der Waals surface area (Å²) in [6, 6.07) is 17.5. The van der Waals surface area contributed by atoms with Crippen LogP contribution in [0.2, 0.25) is 0 Å². The van der Waals surface area contributed by atoms with E-state index in [0.717, 1.165) is 5.75 Å². The molecule has 2 aromatic carbocycles. The largest absolute Gasteiger partial charge is 0.490 e. The first-order valence-corrected chi connectivity index (χ1v) is 7.30. The van der Waals surface area contributed by atoms with Crippen molar-refractivity contribution in [3.05, 3.63) is 54.1 Å². The molecule has 3 rings (SSSR count). The molecule has 2 aromatic rings. The molecule has 1 fully saturated rings. The van der Waals surface area contributed by atoms with Crippen LogP contribution in [-0.4, -0.2) is 13.2 Å². The molecular weight excluding hydrogens is 246 g/mol. The third-order valence-corrected chi connectivity index (χ3v) is 3.84. The standard InChI is InChI=1S/C18H21NO/c1-13(19-2)14-6-8-15(9-7-14)16-4-3-5-18(12-16)20-17-10-11-17/h3-9,12-13,17,19H,10-11H2,1-2H3. The fourth-order valence-electron chi connectivity index (χ4n) is 2.26. The molecule has 104 valence electrons. The lowest BCUT2D eigenvalue weighted by molar-refractivity contribution is 0.303. The van der Waals surface area contributed by atoms with Gasteiger partial charge < -0.3 is 10.1 Å². The molecule has 1 aliphatic carbocycles. The first kappa shape index (κ1) is 13.2. The van der Waals surface area contributed by atoms with Crippen molar-refractivity contribution >= 4 is 0 Å². The van der Waals surface area contributed by atoms with Gasteiger partial charge in [-0.1, -0.05) is 36.4 Å². The average Bonchev–Trinajstić information content (AvgIpc) is 3.31. The van der Waals surface area contributed by atoms with Gasteiger partial charge in [-0.25, -0.2) is 0 Å². The summed E-state index contributed by atoms with van der Waals surface area (Å²) in [5.74, 6) is 0.984. The van der Waals surface area contributed by atoms with E-state index in [1.807, 2.05) is 13.1 Å². The summed E-state index contributed by atoms with van der Waals surface area (Å²) < 4.78 is 5.86. The monoisotopic (exact) mass is 267 g/mol. The second-order valence-corrected chi connectivity index (χ2v) is 5.48. The van der Waals surface area contributed by atoms with Crippen molar-refractivity contribution in [1.82, 2.24) is 5.32 Å². The molecule has 0 spiro atoms. The van der Waals surface area contributed by atoms with E-state index in [0.29, 0.717) is 12.1 Å². The predicted octanol–water partition coefficient (Wildman–Crippen LogP) is 4.18. The van der Waals surface area contributed by atoms with Crippen LogP contribution in [0.25, 0.3) is 11.1 Å². The summed E-state index contributed by atoms with van der Waals surface area (Å²) in [7, 11) is 1.98. The Morgan fingerprint density at radius 1 is 1.05 bits per heavy atom. The Hall–Kier alpha value is -1.80. The van der Waals surface area contributed by atoms with Crippen molar-refractivity contribution in [2.45, 2.75) is 31.9 Å². The number of nitrogens with one attached hydrogen (secondary N) is 1. The number of hydrogen-bond donors (Lipinski definition) is 1. The second kappa shape index (κ2) is 5.68. The molecule has 1 aliphatic rings. The maximum atomic E-state index is 5.86. The van der Waals surface area contributed by atoms with Crippen LogP contribution in [0.1, 0.15) is 31.4 Å². The van der Waals surface area contributed by atoms with Crippen LogP contribution in [0.5, 0.6) is 5.75 Å². The Bertz CT molecular complexity index is 572. The molecule has 0 saturated heterocycles.